The first-order valence-corrected chi connectivity index (χ1v) is 9.51. The standard InChI is InChI=1S/C21H22N3P/c1-24(2)21(22)23-17-10-9-15-20(16-17)25(18-11-5-3-6-12-18)19-13-7-4-8-14-19/h3-16H,1-2H3,(H2,22,23). The van der Waals surface area contributed by atoms with Crippen LogP contribution >= 0.6 is 7.92 Å². The minimum atomic E-state index is -0.626. The van der Waals surface area contributed by atoms with E-state index in [1.807, 2.05) is 25.1 Å². The van der Waals surface area contributed by atoms with E-state index >= 15 is 0 Å². The predicted octanol–water partition coefficient (Wildman–Crippen LogP) is 2.95. The summed E-state index contributed by atoms with van der Waals surface area (Å²) in [7, 11) is 3.16. The van der Waals surface area contributed by atoms with Crippen molar-refractivity contribution >= 4 is 35.5 Å². The van der Waals surface area contributed by atoms with Gasteiger partial charge in [0, 0.05) is 14.1 Å². The molecule has 0 bridgehead atoms. The molecule has 0 aliphatic carbocycles. The molecular formula is C21H22N3P. The first kappa shape index (κ1) is 17.2. The van der Waals surface area contributed by atoms with E-state index in [1.54, 1.807) is 0 Å². The van der Waals surface area contributed by atoms with Crippen LogP contribution in [0.5, 0.6) is 0 Å². The first-order chi connectivity index (χ1) is 12.1. The van der Waals surface area contributed by atoms with E-state index in [9.17, 15) is 0 Å². The fraction of sp³-hybridized carbons (Fsp3) is 0.0952. The molecule has 126 valence electrons. The van der Waals surface area contributed by atoms with E-state index in [1.165, 1.54) is 15.9 Å². The van der Waals surface area contributed by atoms with Gasteiger partial charge in [-0.1, -0.05) is 72.8 Å². The molecule has 0 heterocycles. The Morgan fingerprint density at radius 2 is 1.28 bits per heavy atom. The van der Waals surface area contributed by atoms with Gasteiger partial charge in [-0.05, 0) is 36.0 Å². The number of aliphatic imine (C=N–C) groups is 1. The average Bonchev–Trinajstić information content (AvgIpc) is 2.64. The first-order valence-electron chi connectivity index (χ1n) is 8.17. The highest BCUT2D eigenvalue weighted by Crippen LogP contribution is 2.33. The summed E-state index contributed by atoms with van der Waals surface area (Å²) >= 11 is 0. The molecule has 0 aromatic heterocycles. The van der Waals surface area contributed by atoms with E-state index in [-0.39, 0.29) is 0 Å². The molecule has 3 aromatic rings. The molecule has 3 rings (SSSR count). The van der Waals surface area contributed by atoms with Gasteiger partial charge in [0.15, 0.2) is 5.96 Å². The molecule has 4 heteroatoms. The molecular weight excluding hydrogens is 325 g/mol. The normalized spacial score (nSPS) is 11.6. The minimum absolute atomic E-state index is 0.501. The van der Waals surface area contributed by atoms with Gasteiger partial charge < -0.3 is 10.6 Å². The Hall–Kier alpha value is -2.64. The maximum atomic E-state index is 5.98. The van der Waals surface area contributed by atoms with Crippen LogP contribution in [0, 0.1) is 0 Å². The van der Waals surface area contributed by atoms with Crippen LogP contribution in [0.1, 0.15) is 0 Å². The SMILES string of the molecule is CN(C)C(N)=Nc1cccc(P(c2ccccc2)c2ccccc2)c1. The highest BCUT2D eigenvalue weighted by molar-refractivity contribution is 7.79. The minimum Gasteiger partial charge on any atom is -0.370 e. The predicted molar refractivity (Wildman–Crippen MR) is 110 cm³/mol. The van der Waals surface area contributed by atoms with Crippen molar-refractivity contribution < 1.29 is 0 Å². The van der Waals surface area contributed by atoms with Crippen molar-refractivity contribution in [3.05, 3.63) is 84.9 Å². The van der Waals surface area contributed by atoms with Crippen LogP contribution in [0.15, 0.2) is 89.9 Å². The molecule has 2 N–H and O–H groups in total. The van der Waals surface area contributed by atoms with Crippen LogP contribution in [0.2, 0.25) is 0 Å². The summed E-state index contributed by atoms with van der Waals surface area (Å²) in [6.07, 6.45) is 0. The molecule has 0 aliphatic heterocycles. The van der Waals surface area contributed by atoms with Gasteiger partial charge in [-0.2, -0.15) is 0 Å². The largest absolute Gasteiger partial charge is 0.370 e. The number of hydrogen-bond acceptors (Lipinski definition) is 1. The van der Waals surface area contributed by atoms with Crippen molar-refractivity contribution in [1.29, 1.82) is 0 Å². The van der Waals surface area contributed by atoms with Crippen LogP contribution in [0.4, 0.5) is 5.69 Å². The van der Waals surface area contributed by atoms with Crippen LogP contribution < -0.4 is 21.6 Å². The van der Waals surface area contributed by atoms with Crippen molar-refractivity contribution in [1.82, 2.24) is 4.90 Å². The maximum Gasteiger partial charge on any atom is 0.195 e. The zero-order chi connectivity index (χ0) is 17.6. The number of rotatable bonds is 4. The third-order valence-corrected chi connectivity index (χ3v) is 6.24. The zero-order valence-corrected chi connectivity index (χ0v) is 15.4. The van der Waals surface area contributed by atoms with E-state index in [2.05, 4.69) is 83.9 Å². The summed E-state index contributed by atoms with van der Waals surface area (Å²) in [6, 6.07) is 29.7. The fourth-order valence-electron chi connectivity index (χ4n) is 2.54. The lowest BCUT2D eigenvalue weighted by Crippen LogP contribution is -2.29. The number of guanidine groups is 1. The monoisotopic (exact) mass is 347 g/mol. The quantitative estimate of drug-likeness (QED) is 0.448. The van der Waals surface area contributed by atoms with Crippen molar-refractivity contribution in [2.24, 2.45) is 10.7 Å². The van der Waals surface area contributed by atoms with Gasteiger partial charge in [0.05, 0.1) is 5.69 Å². The molecule has 0 saturated carbocycles. The van der Waals surface area contributed by atoms with Crippen LogP contribution in [-0.2, 0) is 0 Å². The van der Waals surface area contributed by atoms with Crippen molar-refractivity contribution in [3.63, 3.8) is 0 Å². The smallest absolute Gasteiger partial charge is 0.195 e. The zero-order valence-electron chi connectivity index (χ0n) is 14.5. The molecule has 0 aliphatic rings. The third kappa shape index (κ3) is 4.26. The summed E-state index contributed by atoms with van der Waals surface area (Å²) < 4.78 is 0. The summed E-state index contributed by atoms with van der Waals surface area (Å²) in [5, 5.41) is 3.91. The Morgan fingerprint density at radius 1 is 0.760 bits per heavy atom. The lowest BCUT2D eigenvalue weighted by molar-refractivity contribution is 0.615. The Balaban J connectivity index is 2.07. The lowest BCUT2D eigenvalue weighted by atomic mass is 10.3. The van der Waals surface area contributed by atoms with Gasteiger partial charge in [-0.25, -0.2) is 4.99 Å². The molecule has 3 aromatic carbocycles. The summed E-state index contributed by atoms with van der Waals surface area (Å²) in [6.45, 7) is 0. The Bertz CT molecular complexity index is 806. The van der Waals surface area contributed by atoms with Gasteiger partial charge in [-0.15, -0.1) is 0 Å². The number of benzene rings is 3. The van der Waals surface area contributed by atoms with Gasteiger partial charge in [0.1, 0.15) is 0 Å². The highest BCUT2D eigenvalue weighted by atomic mass is 31.1. The lowest BCUT2D eigenvalue weighted by Gasteiger charge is -2.19. The number of hydrogen-bond donors (Lipinski definition) is 1. The summed E-state index contributed by atoms with van der Waals surface area (Å²) in [4.78, 5) is 6.33. The van der Waals surface area contributed by atoms with E-state index in [4.69, 9.17) is 5.73 Å². The molecule has 0 atom stereocenters. The van der Waals surface area contributed by atoms with E-state index in [0.717, 1.165) is 5.69 Å². The Morgan fingerprint density at radius 3 is 1.80 bits per heavy atom. The van der Waals surface area contributed by atoms with Gasteiger partial charge >= 0.3 is 0 Å². The second-order valence-corrected chi connectivity index (χ2v) is 8.11. The molecule has 3 nitrogen and oxygen atoms in total. The molecule has 0 spiro atoms. The third-order valence-electron chi connectivity index (χ3n) is 3.82. The number of nitrogens with zero attached hydrogens (tertiary/aromatic N) is 2. The van der Waals surface area contributed by atoms with E-state index < -0.39 is 7.92 Å². The molecule has 0 unspecified atom stereocenters. The molecule has 25 heavy (non-hydrogen) atoms. The Kier molecular flexibility index (Phi) is 5.47. The maximum absolute atomic E-state index is 5.98. The average molecular weight is 347 g/mol. The van der Waals surface area contributed by atoms with Gasteiger partial charge in [0.25, 0.3) is 0 Å². The summed E-state index contributed by atoms with van der Waals surface area (Å²) in [5.74, 6) is 0.501. The van der Waals surface area contributed by atoms with Gasteiger partial charge in [0.2, 0.25) is 0 Å². The Labute approximate surface area is 150 Å². The van der Waals surface area contributed by atoms with Crippen molar-refractivity contribution in [3.8, 4) is 0 Å². The molecule has 0 fully saturated rings. The van der Waals surface area contributed by atoms with E-state index in [0.29, 0.717) is 5.96 Å². The van der Waals surface area contributed by atoms with Crippen molar-refractivity contribution in [2.45, 2.75) is 0 Å². The molecule has 0 radical (unpaired) electrons. The van der Waals surface area contributed by atoms with Crippen LogP contribution in [0.25, 0.3) is 0 Å². The highest BCUT2D eigenvalue weighted by Gasteiger charge is 2.16. The summed E-state index contributed by atoms with van der Waals surface area (Å²) in [5.41, 5.74) is 6.86. The second kappa shape index (κ2) is 7.96. The van der Waals surface area contributed by atoms with Crippen LogP contribution in [-0.4, -0.2) is 25.0 Å². The van der Waals surface area contributed by atoms with Gasteiger partial charge in [-0.3, -0.25) is 0 Å². The fourth-order valence-corrected chi connectivity index (χ4v) is 4.87. The molecule has 0 amide bonds. The van der Waals surface area contributed by atoms with Crippen molar-refractivity contribution in [2.75, 3.05) is 14.1 Å². The second-order valence-electron chi connectivity index (χ2n) is 5.89. The van der Waals surface area contributed by atoms with Crippen LogP contribution in [0.3, 0.4) is 0 Å². The number of nitrogens with two attached hydrogens (primary N) is 1. The molecule has 0 saturated heterocycles. The topological polar surface area (TPSA) is 41.6 Å².